The lowest BCUT2D eigenvalue weighted by Crippen LogP contribution is -2.44. The van der Waals surface area contributed by atoms with E-state index in [0.29, 0.717) is 0 Å². The summed E-state index contributed by atoms with van der Waals surface area (Å²) in [6.45, 7) is 0. The Kier molecular flexibility index (Phi) is 4.57. The Hall–Kier alpha value is -1.95. The van der Waals surface area contributed by atoms with Gasteiger partial charge in [-0.1, -0.05) is 19.3 Å². The Balaban J connectivity index is 2.07. The molecule has 5 nitrogen and oxygen atoms in total. The number of hydrogen-bond donors (Lipinski definition) is 3. The minimum atomic E-state index is -1.29. The Morgan fingerprint density at radius 2 is 1.95 bits per heavy atom. The number of amides is 1. The predicted octanol–water partition coefficient (Wildman–Crippen LogP) is 2.51. The molecule has 1 aromatic carbocycles. The molecule has 0 spiro atoms. The van der Waals surface area contributed by atoms with Crippen LogP contribution in [0.4, 0.5) is 10.1 Å². The molecule has 0 heterocycles. The van der Waals surface area contributed by atoms with Crippen molar-refractivity contribution < 1.29 is 19.1 Å². The number of carboxylic acid groups (broad SMARTS) is 1. The summed E-state index contributed by atoms with van der Waals surface area (Å²) in [4.78, 5) is 23.1. The molecule has 0 radical (unpaired) electrons. The average molecular weight is 294 g/mol. The Bertz CT molecular complexity index is 554. The third kappa shape index (κ3) is 4.01. The van der Waals surface area contributed by atoms with Crippen LogP contribution in [0.5, 0.6) is 0 Å². The molecule has 114 valence electrons. The molecule has 0 unspecified atom stereocenters. The van der Waals surface area contributed by atoms with Gasteiger partial charge in [-0.25, -0.2) is 9.18 Å². The van der Waals surface area contributed by atoms with Gasteiger partial charge in [0.1, 0.15) is 5.82 Å². The first kappa shape index (κ1) is 15.4. The fourth-order valence-electron chi connectivity index (χ4n) is 2.75. The predicted molar refractivity (Wildman–Crippen MR) is 76.6 cm³/mol. The van der Waals surface area contributed by atoms with Crippen molar-refractivity contribution in [3.63, 3.8) is 0 Å². The van der Waals surface area contributed by atoms with E-state index in [4.69, 9.17) is 10.8 Å². The summed E-state index contributed by atoms with van der Waals surface area (Å²) in [5.41, 5.74) is 5.50. The lowest BCUT2D eigenvalue weighted by Gasteiger charge is -2.32. The van der Waals surface area contributed by atoms with Crippen molar-refractivity contribution in [3.8, 4) is 0 Å². The minimum absolute atomic E-state index is 0.0910. The SMILES string of the molecule is NC1(CC(=O)Nc2ccc(F)cc2C(=O)O)CCCCC1. The Labute approximate surface area is 122 Å². The summed E-state index contributed by atoms with van der Waals surface area (Å²) in [5, 5.41) is 11.6. The van der Waals surface area contributed by atoms with Crippen LogP contribution >= 0.6 is 0 Å². The maximum atomic E-state index is 13.1. The summed E-state index contributed by atoms with van der Waals surface area (Å²) in [6.07, 6.45) is 4.85. The van der Waals surface area contributed by atoms with Crippen LogP contribution in [0.25, 0.3) is 0 Å². The lowest BCUT2D eigenvalue weighted by atomic mass is 9.80. The molecule has 1 saturated carbocycles. The van der Waals surface area contributed by atoms with E-state index in [1.54, 1.807) is 0 Å². The van der Waals surface area contributed by atoms with Crippen LogP contribution in [0.15, 0.2) is 18.2 Å². The zero-order chi connectivity index (χ0) is 15.5. The van der Waals surface area contributed by atoms with Crippen molar-refractivity contribution in [1.29, 1.82) is 0 Å². The van der Waals surface area contributed by atoms with Gasteiger partial charge in [-0.2, -0.15) is 0 Å². The molecular weight excluding hydrogens is 275 g/mol. The number of carboxylic acids is 1. The first-order valence-electron chi connectivity index (χ1n) is 7.01. The highest BCUT2D eigenvalue weighted by Crippen LogP contribution is 2.29. The van der Waals surface area contributed by atoms with E-state index < -0.39 is 17.3 Å². The van der Waals surface area contributed by atoms with Crippen LogP contribution in [-0.2, 0) is 4.79 Å². The molecule has 4 N–H and O–H groups in total. The maximum Gasteiger partial charge on any atom is 0.337 e. The second-order valence-corrected chi connectivity index (χ2v) is 5.64. The van der Waals surface area contributed by atoms with Gasteiger partial charge in [-0.3, -0.25) is 4.79 Å². The number of benzene rings is 1. The number of halogens is 1. The maximum absolute atomic E-state index is 13.1. The number of nitrogens with one attached hydrogen (secondary N) is 1. The van der Waals surface area contributed by atoms with Crippen LogP contribution in [0, 0.1) is 5.82 Å². The highest BCUT2D eigenvalue weighted by Gasteiger charge is 2.30. The molecular formula is C15H19FN2O3. The van der Waals surface area contributed by atoms with E-state index in [0.717, 1.165) is 44.2 Å². The number of carbonyl (C=O) groups excluding carboxylic acids is 1. The van der Waals surface area contributed by atoms with Crippen LogP contribution in [0.2, 0.25) is 0 Å². The van der Waals surface area contributed by atoms with Crippen molar-refractivity contribution in [1.82, 2.24) is 0 Å². The van der Waals surface area contributed by atoms with Gasteiger partial charge in [-0.05, 0) is 31.0 Å². The number of anilines is 1. The summed E-state index contributed by atoms with van der Waals surface area (Å²) < 4.78 is 13.1. The topological polar surface area (TPSA) is 92.4 Å². The quantitative estimate of drug-likeness (QED) is 0.795. The van der Waals surface area contributed by atoms with E-state index >= 15 is 0 Å². The molecule has 0 aliphatic heterocycles. The standard InChI is InChI=1S/C15H19FN2O3/c16-10-4-5-12(11(8-10)14(20)21)18-13(19)9-15(17)6-2-1-3-7-15/h4-5,8H,1-3,6-7,9,17H2,(H,18,19)(H,20,21). The summed E-state index contributed by atoms with van der Waals surface area (Å²) >= 11 is 0. The van der Waals surface area contributed by atoms with Gasteiger partial charge in [0, 0.05) is 12.0 Å². The molecule has 0 aromatic heterocycles. The molecule has 1 fully saturated rings. The van der Waals surface area contributed by atoms with E-state index in [-0.39, 0.29) is 23.6 Å². The fourth-order valence-corrected chi connectivity index (χ4v) is 2.75. The van der Waals surface area contributed by atoms with Crippen molar-refractivity contribution in [2.45, 2.75) is 44.1 Å². The van der Waals surface area contributed by atoms with Gasteiger partial charge in [0.25, 0.3) is 0 Å². The minimum Gasteiger partial charge on any atom is -0.478 e. The molecule has 1 aliphatic carbocycles. The number of nitrogens with two attached hydrogens (primary N) is 1. The summed E-state index contributed by atoms with van der Waals surface area (Å²) in [5.74, 6) is -2.29. The van der Waals surface area contributed by atoms with Crippen molar-refractivity contribution >= 4 is 17.6 Å². The molecule has 21 heavy (non-hydrogen) atoms. The second-order valence-electron chi connectivity index (χ2n) is 5.64. The first-order valence-corrected chi connectivity index (χ1v) is 7.01. The van der Waals surface area contributed by atoms with Gasteiger partial charge in [0.05, 0.1) is 11.3 Å². The third-order valence-electron chi connectivity index (χ3n) is 3.85. The number of hydrogen-bond acceptors (Lipinski definition) is 3. The van der Waals surface area contributed by atoms with E-state index in [1.165, 1.54) is 6.07 Å². The molecule has 0 atom stereocenters. The third-order valence-corrected chi connectivity index (χ3v) is 3.85. The van der Waals surface area contributed by atoms with Crippen molar-refractivity contribution in [3.05, 3.63) is 29.6 Å². The highest BCUT2D eigenvalue weighted by molar-refractivity contribution is 6.00. The second kappa shape index (κ2) is 6.22. The summed E-state index contributed by atoms with van der Waals surface area (Å²) in [7, 11) is 0. The van der Waals surface area contributed by atoms with Crippen LogP contribution in [0.3, 0.4) is 0 Å². The van der Waals surface area contributed by atoms with E-state index in [9.17, 15) is 14.0 Å². The molecule has 0 bridgehead atoms. The number of aromatic carboxylic acids is 1. The van der Waals surface area contributed by atoms with Gasteiger partial charge >= 0.3 is 5.97 Å². The number of carbonyl (C=O) groups is 2. The van der Waals surface area contributed by atoms with E-state index in [1.807, 2.05) is 0 Å². The highest BCUT2D eigenvalue weighted by atomic mass is 19.1. The monoisotopic (exact) mass is 294 g/mol. The van der Waals surface area contributed by atoms with Crippen LogP contribution in [-0.4, -0.2) is 22.5 Å². The van der Waals surface area contributed by atoms with Crippen LogP contribution < -0.4 is 11.1 Å². The lowest BCUT2D eigenvalue weighted by molar-refractivity contribution is -0.117. The van der Waals surface area contributed by atoms with Crippen LogP contribution in [0.1, 0.15) is 48.9 Å². The zero-order valence-electron chi connectivity index (χ0n) is 11.7. The van der Waals surface area contributed by atoms with Crippen molar-refractivity contribution in [2.24, 2.45) is 5.73 Å². The van der Waals surface area contributed by atoms with Gasteiger partial charge in [-0.15, -0.1) is 0 Å². The molecule has 0 saturated heterocycles. The zero-order valence-corrected chi connectivity index (χ0v) is 11.7. The molecule has 2 rings (SSSR count). The van der Waals surface area contributed by atoms with Gasteiger partial charge in [0.15, 0.2) is 0 Å². The Morgan fingerprint density at radius 3 is 2.57 bits per heavy atom. The molecule has 6 heteroatoms. The molecule has 1 aliphatic rings. The Morgan fingerprint density at radius 1 is 1.29 bits per heavy atom. The first-order chi connectivity index (χ1) is 9.89. The van der Waals surface area contributed by atoms with E-state index in [2.05, 4.69) is 5.32 Å². The summed E-state index contributed by atoms with van der Waals surface area (Å²) in [6, 6.07) is 3.25. The van der Waals surface area contributed by atoms with Crippen molar-refractivity contribution in [2.75, 3.05) is 5.32 Å². The van der Waals surface area contributed by atoms with Gasteiger partial charge < -0.3 is 16.2 Å². The van der Waals surface area contributed by atoms with Gasteiger partial charge in [0.2, 0.25) is 5.91 Å². The molecule has 1 aromatic rings. The smallest absolute Gasteiger partial charge is 0.337 e. The molecule has 1 amide bonds. The largest absolute Gasteiger partial charge is 0.478 e. The number of rotatable bonds is 4. The normalized spacial score (nSPS) is 17.2. The average Bonchev–Trinajstić information content (AvgIpc) is 2.40. The fraction of sp³-hybridized carbons (Fsp3) is 0.467.